The number of aromatic amines is 1. The van der Waals surface area contributed by atoms with Gasteiger partial charge in [-0.25, -0.2) is 0 Å². The molecule has 2 rings (SSSR count). The smallest absolute Gasteiger partial charge is 0.0465 e. The van der Waals surface area contributed by atoms with Crippen LogP contribution in [0.3, 0.4) is 0 Å². The van der Waals surface area contributed by atoms with Gasteiger partial charge in [0, 0.05) is 34.3 Å². The van der Waals surface area contributed by atoms with Crippen LogP contribution < -0.4 is 5.73 Å². The number of hydrogen-bond acceptors (Lipinski definition) is 2. The standard InChI is InChI=1S/C11H14N2S/c1-8-2-3-10-9(6-8)11(7-13-10)14-5-4-12/h2-3,6-7,13H,4-5,12H2,1H3. The summed E-state index contributed by atoms with van der Waals surface area (Å²) in [5.74, 6) is 0.973. The molecule has 0 aliphatic rings. The number of aromatic nitrogens is 1. The molecule has 0 aliphatic heterocycles. The van der Waals surface area contributed by atoms with Crippen LogP contribution in [-0.4, -0.2) is 17.3 Å². The number of nitrogens with one attached hydrogen (secondary N) is 1. The topological polar surface area (TPSA) is 41.8 Å². The van der Waals surface area contributed by atoms with Gasteiger partial charge in [0.05, 0.1) is 0 Å². The van der Waals surface area contributed by atoms with Crippen molar-refractivity contribution in [1.82, 2.24) is 4.98 Å². The monoisotopic (exact) mass is 206 g/mol. The average Bonchev–Trinajstić information content (AvgIpc) is 2.57. The quantitative estimate of drug-likeness (QED) is 0.758. The first-order chi connectivity index (χ1) is 6.81. The summed E-state index contributed by atoms with van der Waals surface area (Å²) in [6, 6.07) is 6.46. The largest absolute Gasteiger partial charge is 0.360 e. The fourth-order valence-corrected chi connectivity index (χ4v) is 2.30. The van der Waals surface area contributed by atoms with E-state index in [4.69, 9.17) is 5.73 Å². The molecule has 2 nitrogen and oxygen atoms in total. The summed E-state index contributed by atoms with van der Waals surface area (Å²) in [7, 11) is 0. The highest BCUT2D eigenvalue weighted by Crippen LogP contribution is 2.27. The number of hydrogen-bond donors (Lipinski definition) is 2. The third-order valence-electron chi connectivity index (χ3n) is 2.17. The second kappa shape index (κ2) is 4.07. The molecule has 0 bridgehead atoms. The zero-order chi connectivity index (χ0) is 9.97. The number of fused-ring (bicyclic) bond motifs is 1. The van der Waals surface area contributed by atoms with Gasteiger partial charge in [-0.05, 0) is 19.1 Å². The lowest BCUT2D eigenvalue weighted by Crippen LogP contribution is -2.00. The summed E-state index contributed by atoms with van der Waals surface area (Å²) in [6.07, 6.45) is 2.06. The Kier molecular flexibility index (Phi) is 2.79. The molecular formula is C11H14N2S. The maximum atomic E-state index is 5.49. The molecule has 1 aromatic carbocycles. The zero-order valence-corrected chi connectivity index (χ0v) is 9.03. The number of rotatable bonds is 3. The van der Waals surface area contributed by atoms with Gasteiger partial charge in [0.25, 0.3) is 0 Å². The minimum absolute atomic E-state index is 0.725. The highest BCUT2D eigenvalue weighted by atomic mass is 32.2. The van der Waals surface area contributed by atoms with Crippen LogP contribution >= 0.6 is 11.8 Å². The molecule has 3 N–H and O–H groups in total. The van der Waals surface area contributed by atoms with Crippen LogP contribution in [0, 0.1) is 6.92 Å². The highest BCUT2D eigenvalue weighted by molar-refractivity contribution is 7.99. The maximum Gasteiger partial charge on any atom is 0.0465 e. The van der Waals surface area contributed by atoms with Gasteiger partial charge in [0.15, 0.2) is 0 Å². The molecule has 74 valence electrons. The molecule has 3 heteroatoms. The second-order valence-corrected chi connectivity index (χ2v) is 4.48. The van der Waals surface area contributed by atoms with Gasteiger partial charge in [0.2, 0.25) is 0 Å². The predicted molar refractivity (Wildman–Crippen MR) is 62.8 cm³/mol. The van der Waals surface area contributed by atoms with Crippen molar-refractivity contribution in [3.05, 3.63) is 30.0 Å². The van der Waals surface area contributed by atoms with E-state index in [9.17, 15) is 0 Å². The molecule has 2 aromatic rings. The lowest BCUT2D eigenvalue weighted by atomic mass is 10.2. The Morgan fingerprint density at radius 2 is 2.29 bits per heavy atom. The summed E-state index contributed by atoms with van der Waals surface area (Å²) in [5, 5.41) is 1.31. The van der Waals surface area contributed by atoms with E-state index >= 15 is 0 Å². The molecule has 0 aliphatic carbocycles. The third-order valence-corrected chi connectivity index (χ3v) is 3.26. The molecular weight excluding hydrogens is 192 g/mol. The van der Waals surface area contributed by atoms with Gasteiger partial charge < -0.3 is 10.7 Å². The Balaban J connectivity index is 2.40. The number of aryl methyl sites for hydroxylation is 1. The Hall–Kier alpha value is -0.930. The first kappa shape index (κ1) is 9.62. The van der Waals surface area contributed by atoms with Crippen molar-refractivity contribution in [3.8, 4) is 0 Å². The molecule has 14 heavy (non-hydrogen) atoms. The first-order valence-corrected chi connectivity index (χ1v) is 5.70. The van der Waals surface area contributed by atoms with Crippen molar-refractivity contribution in [3.63, 3.8) is 0 Å². The van der Waals surface area contributed by atoms with Gasteiger partial charge in [-0.2, -0.15) is 0 Å². The van der Waals surface area contributed by atoms with Crippen molar-refractivity contribution >= 4 is 22.7 Å². The van der Waals surface area contributed by atoms with Crippen LogP contribution in [0.4, 0.5) is 0 Å². The van der Waals surface area contributed by atoms with Crippen molar-refractivity contribution in [2.45, 2.75) is 11.8 Å². The van der Waals surface area contributed by atoms with Crippen molar-refractivity contribution < 1.29 is 0 Å². The summed E-state index contributed by atoms with van der Waals surface area (Å²) < 4.78 is 0. The minimum atomic E-state index is 0.725. The SMILES string of the molecule is Cc1ccc2[nH]cc(SCCN)c2c1. The van der Waals surface area contributed by atoms with Crippen LogP contribution in [0.2, 0.25) is 0 Å². The van der Waals surface area contributed by atoms with Crippen LogP contribution in [0.25, 0.3) is 10.9 Å². The normalized spacial score (nSPS) is 11.0. The molecule has 1 heterocycles. The third kappa shape index (κ3) is 1.79. The van der Waals surface area contributed by atoms with Crippen LogP contribution in [0.15, 0.2) is 29.3 Å². The Morgan fingerprint density at radius 3 is 3.07 bits per heavy atom. The lowest BCUT2D eigenvalue weighted by Gasteiger charge is -1.98. The average molecular weight is 206 g/mol. The molecule has 0 saturated carbocycles. The van der Waals surface area contributed by atoms with E-state index < -0.39 is 0 Å². The van der Waals surface area contributed by atoms with Gasteiger partial charge in [-0.15, -0.1) is 11.8 Å². The van der Waals surface area contributed by atoms with Crippen LogP contribution in [-0.2, 0) is 0 Å². The molecule has 0 spiro atoms. The van der Waals surface area contributed by atoms with Crippen molar-refractivity contribution in [2.75, 3.05) is 12.3 Å². The van der Waals surface area contributed by atoms with E-state index in [1.54, 1.807) is 0 Å². The van der Waals surface area contributed by atoms with E-state index in [1.807, 2.05) is 11.8 Å². The highest BCUT2D eigenvalue weighted by Gasteiger charge is 2.03. The van der Waals surface area contributed by atoms with E-state index in [1.165, 1.54) is 21.4 Å². The van der Waals surface area contributed by atoms with Crippen molar-refractivity contribution in [1.29, 1.82) is 0 Å². The van der Waals surface area contributed by atoms with Gasteiger partial charge in [-0.3, -0.25) is 0 Å². The van der Waals surface area contributed by atoms with E-state index in [0.717, 1.165) is 12.3 Å². The van der Waals surface area contributed by atoms with Gasteiger partial charge in [0.1, 0.15) is 0 Å². The molecule has 0 radical (unpaired) electrons. The van der Waals surface area contributed by atoms with Gasteiger partial charge >= 0.3 is 0 Å². The van der Waals surface area contributed by atoms with Crippen LogP contribution in [0.1, 0.15) is 5.56 Å². The van der Waals surface area contributed by atoms with Crippen molar-refractivity contribution in [2.24, 2.45) is 5.73 Å². The van der Waals surface area contributed by atoms with E-state index in [2.05, 4.69) is 36.3 Å². The van der Waals surface area contributed by atoms with Gasteiger partial charge in [-0.1, -0.05) is 11.6 Å². The fourth-order valence-electron chi connectivity index (χ4n) is 1.50. The number of H-pyrrole nitrogens is 1. The molecule has 0 fully saturated rings. The Morgan fingerprint density at radius 1 is 1.43 bits per heavy atom. The van der Waals surface area contributed by atoms with E-state index in [0.29, 0.717) is 0 Å². The summed E-state index contributed by atoms with van der Waals surface area (Å²) in [5.41, 5.74) is 7.99. The summed E-state index contributed by atoms with van der Waals surface area (Å²) >= 11 is 1.81. The maximum absolute atomic E-state index is 5.49. The lowest BCUT2D eigenvalue weighted by molar-refractivity contribution is 1.15. The molecule has 0 amide bonds. The van der Waals surface area contributed by atoms with E-state index in [-0.39, 0.29) is 0 Å². The first-order valence-electron chi connectivity index (χ1n) is 4.72. The molecule has 0 saturated heterocycles. The van der Waals surface area contributed by atoms with Crippen LogP contribution in [0.5, 0.6) is 0 Å². The number of nitrogens with two attached hydrogens (primary N) is 1. The Bertz CT molecular complexity index is 434. The summed E-state index contributed by atoms with van der Waals surface area (Å²) in [4.78, 5) is 4.56. The number of thioether (sulfide) groups is 1. The summed E-state index contributed by atoms with van der Waals surface area (Å²) in [6.45, 7) is 2.84. The fraction of sp³-hybridized carbons (Fsp3) is 0.273. The Labute approximate surface area is 87.9 Å². The molecule has 1 aromatic heterocycles. The molecule has 0 atom stereocenters. The zero-order valence-electron chi connectivity index (χ0n) is 8.21. The molecule has 0 unspecified atom stereocenters. The predicted octanol–water partition coefficient (Wildman–Crippen LogP) is 2.53. The second-order valence-electron chi connectivity index (χ2n) is 3.34. The minimum Gasteiger partial charge on any atom is -0.360 e. The number of benzene rings is 1.